The number of anilines is 3. The maximum absolute atomic E-state index is 12.4. The van der Waals surface area contributed by atoms with E-state index >= 15 is 0 Å². The molecule has 27 heavy (non-hydrogen) atoms. The largest absolute Gasteiger partial charge is 0.326 e. The monoisotopic (exact) mass is 365 g/mol. The summed E-state index contributed by atoms with van der Waals surface area (Å²) in [5.74, 6) is -0.558. The highest BCUT2D eigenvalue weighted by Crippen LogP contribution is 2.28. The van der Waals surface area contributed by atoms with Crippen molar-refractivity contribution in [1.82, 2.24) is 0 Å². The van der Waals surface area contributed by atoms with Gasteiger partial charge >= 0.3 is 0 Å². The molecule has 1 atom stereocenters. The zero-order valence-corrected chi connectivity index (χ0v) is 15.5. The van der Waals surface area contributed by atoms with E-state index in [0.29, 0.717) is 24.2 Å². The zero-order chi connectivity index (χ0) is 19.4. The van der Waals surface area contributed by atoms with Gasteiger partial charge in [-0.1, -0.05) is 24.3 Å². The molecule has 1 heterocycles. The van der Waals surface area contributed by atoms with Gasteiger partial charge in [-0.2, -0.15) is 0 Å². The minimum Gasteiger partial charge on any atom is -0.326 e. The summed E-state index contributed by atoms with van der Waals surface area (Å²) in [6.45, 7) is 3.28. The molecule has 1 aliphatic heterocycles. The van der Waals surface area contributed by atoms with Crippen LogP contribution in [-0.2, 0) is 20.8 Å². The first-order chi connectivity index (χ1) is 12.9. The molecule has 0 spiro atoms. The van der Waals surface area contributed by atoms with Crippen LogP contribution in [0.2, 0.25) is 0 Å². The molecule has 3 amide bonds. The maximum atomic E-state index is 12.4. The van der Waals surface area contributed by atoms with Crippen LogP contribution in [0.4, 0.5) is 17.1 Å². The Labute approximate surface area is 158 Å². The van der Waals surface area contributed by atoms with Crippen molar-refractivity contribution < 1.29 is 14.4 Å². The number of hydrogen-bond donors (Lipinski definition) is 3. The summed E-state index contributed by atoms with van der Waals surface area (Å²) in [4.78, 5) is 35.9. The molecule has 3 rings (SSSR count). The van der Waals surface area contributed by atoms with E-state index in [2.05, 4.69) is 16.0 Å². The first-order valence-electron chi connectivity index (χ1n) is 9.00. The number of carbonyl (C=O) groups excluding carboxylic acids is 3. The highest BCUT2D eigenvalue weighted by Gasteiger charge is 2.26. The van der Waals surface area contributed by atoms with Crippen LogP contribution in [0.5, 0.6) is 0 Å². The van der Waals surface area contributed by atoms with Crippen LogP contribution in [0.15, 0.2) is 42.5 Å². The topological polar surface area (TPSA) is 87.3 Å². The van der Waals surface area contributed by atoms with Crippen molar-refractivity contribution in [2.75, 3.05) is 16.0 Å². The maximum Gasteiger partial charge on any atom is 0.227 e. The summed E-state index contributed by atoms with van der Waals surface area (Å²) >= 11 is 0. The molecule has 1 unspecified atom stereocenters. The molecule has 0 aliphatic carbocycles. The van der Waals surface area contributed by atoms with Crippen molar-refractivity contribution in [2.24, 2.45) is 5.92 Å². The van der Waals surface area contributed by atoms with Crippen LogP contribution in [0.3, 0.4) is 0 Å². The Bertz CT molecular complexity index is 892. The van der Waals surface area contributed by atoms with Crippen LogP contribution in [-0.4, -0.2) is 17.7 Å². The molecule has 2 aromatic carbocycles. The van der Waals surface area contributed by atoms with Crippen molar-refractivity contribution in [3.05, 3.63) is 53.6 Å². The van der Waals surface area contributed by atoms with Gasteiger partial charge in [0.05, 0.1) is 0 Å². The molecular weight excluding hydrogens is 342 g/mol. The fourth-order valence-corrected chi connectivity index (χ4v) is 3.26. The van der Waals surface area contributed by atoms with E-state index in [1.165, 1.54) is 6.92 Å². The quantitative estimate of drug-likeness (QED) is 0.758. The average molecular weight is 365 g/mol. The predicted octanol–water partition coefficient (Wildman–Crippen LogP) is 3.48. The van der Waals surface area contributed by atoms with Gasteiger partial charge in [0.15, 0.2) is 0 Å². The third-order valence-electron chi connectivity index (χ3n) is 4.75. The molecule has 3 N–H and O–H groups in total. The van der Waals surface area contributed by atoms with Gasteiger partial charge in [0.2, 0.25) is 17.7 Å². The Morgan fingerprint density at radius 1 is 1.07 bits per heavy atom. The molecule has 140 valence electrons. The van der Waals surface area contributed by atoms with Crippen molar-refractivity contribution in [1.29, 1.82) is 0 Å². The van der Waals surface area contributed by atoms with E-state index in [1.807, 2.05) is 31.2 Å². The van der Waals surface area contributed by atoms with E-state index in [0.717, 1.165) is 16.8 Å². The summed E-state index contributed by atoms with van der Waals surface area (Å²) in [6, 6.07) is 13.1. The van der Waals surface area contributed by atoms with Crippen LogP contribution in [0.25, 0.3) is 0 Å². The van der Waals surface area contributed by atoms with Gasteiger partial charge in [-0.3, -0.25) is 14.4 Å². The molecule has 0 radical (unpaired) electrons. The Hall–Kier alpha value is -3.15. The Kier molecular flexibility index (Phi) is 5.54. The van der Waals surface area contributed by atoms with Crippen molar-refractivity contribution in [3.8, 4) is 0 Å². The highest BCUT2D eigenvalue weighted by molar-refractivity contribution is 5.97. The fourth-order valence-electron chi connectivity index (χ4n) is 3.26. The lowest BCUT2D eigenvalue weighted by Crippen LogP contribution is -2.30. The molecule has 0 bridgehead atoms. The van der Waals surface area contributed by atoms with Crippen LogP contribution in [0, 0.1) is 12.8 Å². The number of nitrogens with one attached hydrogen (secondary N) is 3. The van der Waals surface area contributed by atoms with Crippen LogP contribution in [0.1, 0.15) is 30.9 Å². The number of carbonyl (C=O) groups is 3. The molecule has 0 saturated carbocycles. The van der Waals surface area contributed by atoms with E-state index in [4.69, 9.17) is 0 Å². The SMILES string of the molecule is CC(=O)Nc1cccc(NC(=O)CCC2Cc3ccccc3NC2=O)c1C. The summed E-state index contributed by atoms with van der Waals surface area (Å²) < 4.78 is 0. The van der Waals surface area contributed by atoms with Gasteiger partial charge in [-0.05, 0) is 49.1 Å². The smallest absolute Gasteiger partial charge is 0.227 e. The van der Waals surface area contributed by atoms with Gasteiger partial charge in [0.25, 0.3) is 0 Å². The minimum absolute atomic E-state index is 0.0367. The van der Waals surface area contributed by atoms with Gasteiger partial charge < -0.3 is 16.0 Å². The number of rotatable bonds is 5. The van der Waals surface area contributed by atoms with Gasteiger partial charge in [0.1, 0.15) is 0 Å². The van der Waals surface area contributed by atoms with E-state index in [-0.39, 0.29) is 30.1 Å². The van der Waals surface area contributed by atoms with Gasteiger partial charge in [-0.15, -0.1) is 0 Å². The molecule has 1 aliphatic rings. The number of para-hydroxylation sites is 1. The summed E-state index contributed by atoms with van der Waals surface area (Å²) in [7, 11) is 0. The molecular formula is C21H23N3O3. The van der Waals surface area contributed by atoms with Gasteiger partial charge in [0, 0.05) is 36.3 Å². The number of fused-ring (bicyclic) bond motifs is 1. The highest BCUT2D eigenvalue weighted by atomic mass is 16.2. The molecule has 2 aromatic rings. The first kappa shape index (κ1) is 18.6. The zero-order valence-electron chi connectivity index (χ0n) is 15.5. The lowest BCUT2D eigenvalue weighted by atomic mass is 9.89. The Morgan fingerprint density at radius 2 is 1.78 bits per heavy atom. The average Bonchev–Trinajstić information content (AvgIpc) is 2.63. The normalized spacial score (nSPS) is 15.5. The van der Waals surface area contributed by atoms with Crippen LogP contribution < -0.4 is 16.0 Å². The third kappa shape index (κ3) is 4.53. The predicted molar refractivity (Wildman–Crippen MR) is 106 cm³/mol. The fraction of sp³-hybridized carbons (Fsp3) is 0.286. The summed E-state index contributed by atoms with van der Waals surface area (Å²) in [6.07, 6.45) is 1.38. The van der Waals surface area contributed by atoms with Crippen molar-refractivity contribution in [3.63, 3.8) is 0 Å². The minimum atomic E-state index is -0.211. The Balaban J connectivity index is 1.59. The van der Waals surface area contributed by atoms with E-state index in [1.54, 1.807) is 18.2 Å². The molecule has 6 nitrogen and oxygen atoms in total. The molecule has 6 heteroatoms. The molecule has 0 fully saturated rings. The second-order valence-electron chi connectivity index (χ2n) is 6.79. The number of benzene rings is 2. The molecule has 0 saturated heterocycles. The first-order valence-corrected chi connectivity index (χ1v) is 9.00. The number of hydrogen-bond acceptors (Lipinski definition) is 3. The Morgan fingerprint density at radius 3 is 2.52 bits per heavy atom. The lowest BCUT2D eigenvalue weighted by molar-refractivity contribution is -0.121. The summed E-state index contributed by atoms with van der Waals surface area (Å²) in [5, 5.41) is 8.53. The third-order valence-corrected chi connectivity index (χ3v) is 4.75. The van der Waals surface area contributed by atoms with E-state index in [9.17, 15) is 14.4 Å². The van der Waals surface area contributed by atoms with Crippen molar-refractivity contribution >= 4 is 34.8 Å². The van der Waals surface area contributed by atoms with Crippen molar-refractivity contribution in [2.45, 2.75) is 33.1 Å². The summed E-state index contributed by atoms with van der Waals surface area (Å²) in [5.41, 5.74) is 4.08. The van der Waals surface area contributed by atoms with Crippen LogP contribution >= 0.6 is 0 Å². The second kappa shape index (κ2) is 8.03. The van der Waals surface area contributed by atoms with E-state index < -0.39 is 0 Å². The molecule has 0 aromatic heterocycles. The van der Waals surface area contributed by atoms with Gasteiger partial charge in [-0.25, -0.2) is 0 Å². The second-order valence-corrected chi connectivity index (χ2v) is 6.79. The number of amides is 3. The lowest BCUT2D eigenvalue weighted by Gasteiger charge is -2.24. The standard InChI is InChI=1S/C21H23N3O3/c1-13-17(22-14(2)25)8-5-9-18(13)23-20(26)11-10-16-12-15-6-3-4-7-19(15)24-21(16)27/h3-9,16H,10-12H2,1-2H3,(H,22,25)(H,23,26)(H,24,27).